The number of ether oxygens (including phenoxy) is 1. The lowest BCUT2D eigenvalue weighted by molar-refractivity contribution is -0.117. The van der Waals surface area contributed by atoms with Crippen molar-refractivity contribution in [1.82, 2.24) is 10.3 Å². The fourth-order valence-corrected chi connectivity index (χ4v) is 2.95. The van der Waals surface area contributed by atoms with E-state index >= 15 is 0 Å². The quantitative estimate of drug-likeness (QED) is 0.400. The Balaban J connectivity index is 1.61. The molecule has 2 aromatic carbocycles. The van der Waals surface area contributed by atoms with E-state index in [4.69, 9.17) is 15.6 Å². The zero-order valence-electron chi connectivity index (χ0n) is 15.8. The monoisotopic (exact) mass is 398 g/mol. The van der Waals surface area contributed by atoms with E-state index in [1.807, 2.05) is 36.4 Å². The van der Waals surface area contributed by atoms with Crippen molar-refractivity contribution in [2.45, 2.75) is 6.17 Å². The van der Waals surface area contributed by atoms with E-state index in [1.54, 1.807) is 42.6 Å². The van der Waals surface area contributed by atoms with E-state index in [1.165, 1.54) is 0 Å². The van der Waals surface area contributed by atoms with Crippen LogP contribution in [0.25, 0.3) is 0 Å². The third-order valence-corrected chi connectivity index (χ3v) is 4.35. The molecule has 0 saturated carbocycles. The number of carbonyl (C=O) groups is 1. The third-order valence-electron chi connectivity index (χ3n) is 4.35. The molecule has 3 aromatic rings. The number of anilines is 1. The van der Waals surface area contributed by atoms with Gasteiger partial charge in [0.1, 0.15) is 5.69 Å². The van der Waals surface area contributed by atoms with E-state index in [2.05, 4.69) is 20.6 Å². The Hall–Kier alpha value is -4.33. The summed E-state index contributed by atoms with van der Waals surface area (Å²) in [7, 11) is 0. The van der Waals surface area contributed by atoms with Crippen LogP contribution in [-0.2, 0) is 9.53 Å². The van der Waals surface area contributed by atoms with Crippen LogP contribution in [0.2, 0.25) is 0 Å². The molecule has 0 saturated heterocycles. The van der Waals surface area contributed by atoms with Gasteiger partial charge < -0.3 is 15.4 Å². The summed E-state index contributed by atoms with van der Waals surface area (Å²) in [5, 5.41) is 21.5. The van der Waals surface area contributed by atoms with Crippen molar-refractivity contribution in [3.63, 3.8) is 0 Å². The largest absolute Gasteiger partial charge is 0.407 e. The van der Waals surface area contributed by atoms with E-state index in [0.717, 1.165) is 5.56 Å². The minimum Gasteiger partial charge on any atom is -0.407 e. The van der Waals surface area contributed by atoms with Crippen LogP contribution in [0.3, 0.4) is 0 Å². The van der Waals surface area contributed by atoms with Gasteiger partial charge in [0.25, 0.3) is 11.9 Å². The van der Waals surface area contributed by atoms with Crippen LogP contribution >= 0.6 is 0 Å². The maximum Gasteiger partial charge on any atom is 0.290 e. The molecular formula is C22H18N6O2. The average molecular weight is 398 g/mol. The Morgan fingerprint density at radius 3 is 2.40 bits per heavy atom. The SMILES string of the molecule is N=C(NC1N=C(c2ccccc2)c2ncccc2NC1=O)OC(=N)c1ccccc1. The first-order valence-electron chi connectivity index (χ1n) is 9.18. The van der Waals surface area contributed by atoms with Crippen LogP contribution in [-0.4, -0.2) is 34.7 Å². The summed E-state index contributed by atoms with van der Waals surface area (Å²) in [4.78, 5) is 21.6. The first-order valence-corrected chi connectivity index (χ1v) is 9.18. The van der Waals surface area contributed by atoms with Gasteiger partial charge in [0, 0.05) is 17.3 Å². The van der Waals surface area contributed by atoms with E-state index in [0.29, 0.717) is 22.7 Å². The van der Waals surface area contributed by atoms with Crippen molar-refractivity contribution < 1.29 is 9.53 Å². The summed E-state index contributed by atoms with van der Waals surface area (Å²) < 4.78 is 5.24. The molecule has 2 heterocycles. The minimum absolute atomic E-state index is 0.209. The second kappa shape index (κ2) is 8.36. The minimum atomic E-state index is -1.13. The van der Waals surface area contributed by atoms with Gasteiger partial charge in [0.2, 0.25) is 12.1 Å². The average Bonchev–Trinajstić information content (AvgIpc) is 2.91. The Morgan fingerprint density at radius 2 is 1.67 bits per heavy atom. The molecule has 1 unspecified atom stereocenters. The van der Waals surface area contributed by atoms with Crippen molar-refractivity contribution in [3.05, 3.63) is 95.8 Å². The fraction of sp³-hybridized carbons (Fsp3) is 0.0455. The Bertz CT molecular complexity index is 1130. The molecule has 4 rings (SSSR count). The number of nitrogens with zero attached hydrogens (tertiary/aromatic N) is 2. The molecule has 1 amide bonds. The predicted molar refractivity (Wildman–Crippen MR) is 114 cm³/mol. The number of aromatic nitrogens is 1. The molecule has 1 atom stereocenters. The molecule has 1 aromatic heterocycles. The van der Waals surface area contributed by atoms with Gasteiger partial charge in [-0.15, -0.1) is 0 Å². The summed E-state index contributed by atoms with van der Waals surface area (Å²) in [6.07, 6.45) is 0.495. The van der Waals surface area contributed by atoms with Crippen molar-refractivity contribution in [2.75, 3.05) is 5.32 Å². The fourth-order valence-electron chi connectivity index (χ4n) is 2.95. The third kappa shape index (κ3) is 4.07. The molecular weight excluding hydrogens is 380 g/mol. The summed E-state index contributed by atoms with van der Waals surface area (Å²) in [6, 6.07) is 21.1. The highest BCUT2D eigenvalue weighted by atomic mass is 16.5. The van der Waals surface area contributed by atoms with Gasteiger partial charge in [-0.25, -0.2) is 4.99 Å². The number of carbonyl (C=O) groups excluding carboxylic acids is 1. The van der Waals surface area contributed by atoms with Crippen molar-refractivity contribution in [1.29, 1.82) is 10.8 Å². The van der Waals surface area contributed by atoms with E-state index in [9.17, 15) is 4.79 Å². The normalized spacial score (nSPS) is 15.1. The first kappa shape index (κ1) is 19.0. The molecule has 30 heavy (non-hydrogen) atoms. The number of amidine groups is 1. The molecule has 0 spiro atoms. The van der Waals surface area contributed by atoms with Crippen molar-refractivity contribution in [2.24, 2.45) is 4.99 Å². The van der Waals surface area contributed by atoms with E-state index < -0.39 is 18.1 Å². The number of benzene rings is 2. The highest BCUT2D eigenvalue weighted by Crippen LogP contribution is 2.21. The summed E-state index contributed by atoms with van der Waals surface area (Å²) in [6.45, 7) is 0. The number of hydrogen-bond donors (Lipinski definition) is 4. The maximum atomic E-state index is 12.7. The lowest BCUT2D eigenvalue weighted by Crippen LogP contribution is -2.43. The van der Waals surface area contributed by atoms with Gasteiger partial charge in [-0.05, 0) is 24.3 Å². The summed E-state index contributed by atoms with van der Waals surface area (Å²) in [5.41, 5.74) is 2.86. The zero-order valence-corrected chi connectivity index (χ0v) is 15.8. The molecule has 8 nitrogen and oxygen atoms in total. The molecule has 1 aliphatic rings. The van der Waals surface area contributed by atoms with Crippen molar-refractivity contribution in [3.8, 4) is 0 Å². The van der Waals surface area contributed by atoms with E-state index in [-0.39, 0.29) is 5.90 Å². The zero-order chi connectivity index (χ0) is 20.9. The van der Waals surface area contributed by atoms with Crippen LogP contribution in [0, 0.1) is 10.8 Å². The van der Waals surface area contributed by atoms with Crippen LogP contribution in [0.4, 0.5) is 5.69 Å². The molecule has 0 aliphatic carbocycles. The summed E-state index contributed by atoms with van der Waals surface area (Å²) in [5.74, 6) is -0.672. The van der Waals surface area contributed by atoms with Gasteiger partial charge in [-0.2, -0.15) is 0 Å². The van der Waals surface area contributed by atoms with Crippen LogP contribution in [0.1, 0.15) is 16.8 Å². The lowest BCUT2D eigenvalue weighted by atomic mass is 10.1. The number of hydrogen-bond acceptors (Lipinski definition) is 6. The van der Waals surface area contributed by atoms with Gasteiger partial charge in [-0.3, -0.25) is 20.6 Å². The number of nitrogens with one attached hydrogen (secondary N) is 4. The number of pyridine rings is 1. The van der Waals surface area contributed by atoms with Crippen LogP contribution in [0.5, 0.6) is 0 Å². The standard InChI is InChI=1S/C22H18N6O2/c23-19(15-10-5-2-6-11-15)30-22(24)28-20-21(29)26-16-12-7-13-25-18(16)17(27-20)14-8-3-1-4-9-14/h1-13,20,23H,(H2,24,28)(H,26,29). The molecule has 0 fully saturated rings. The molecule has 8 heteroatoms. The number of rotatable bonds is 3. The smallest absolute Gasteiger partial charge is 0.290 e. The lowest BCUT2D eigenvalue weighted by Gasteiger charge is -2.15. The molecule has 148 valence electrons. The number of fused-ring (bicyclic) bond motifs is 1. The molecule has 0 bridgehead atoms. The molecule has 0 radical (unpaired) electrons. The topological polar surface area (TPSA) is 123 Å². The highest BCUT2D eigenvalue weighted by Gasteiger charge is 2.27. The Morgan fingerprint density at radius 1 is 0.967 bits per heavy atom. The van der Waals surface area contributed by atoms with Gasteiger partial charge in [-0.1, -0.05) is 48.5 Å². The van der Waals surface area contributed by atoms with Crippen LogP contribution in [0.15, 0.2) is 84.0 Å². The van der Waals surface area contributed by atoms with Crippen molar-refractivity contribution >= 4 is 29.2 Å². The maximum absolute atomic E-state index is 12.7. The first-order chi connectivity index (χ1) is 14.6. The second-order valence-electron chi connectivity index (χ2n) is 6.41. The highest BCUT2D eigenvalue weighted by molar-refractivity contribution is 6.18. The Labute approximate surface area is 172 Å². The van der Waals surface area contributed by atoms with Gasteiger partial charge in [0.05, 0.1) is 11.4 Å². The number of aliphatic imine (C=N–C) groups is 1. The van der Waals surface area contributed by atoms with Gasteiger partial charge in [0.15, 0.2) is 0 Å². The predicted octanol–water partition coefficient (Wildman–Crippen LogP) is 2.76. The number of amides is 1. The Kier molecular flexibility index (Phi) is 5.29. The molecule has 1 aliphatic heterocycles. The van der Waals surface area contributed by atoms with Gasteiger partial charge >= 0.3 is 0 Å². The second-order valence-corrected chi connectivity index (χ2v) is 6.41. The summed E-state index contributed by atoms with van der Waals surface area (Å²) >= 11 is 0. The molecule has 4 N–H and O–H groups in total. The van der Waals surface area contributed by atoms with Crippen LogP contribution < -0.4 is 10.6 Å².